The van der Waals surface area contributed by atoms with E-state index in [9.17, 15) is 4.79 Å². The predicted octanol–water partition coefficient (Wildman–Crippen LogP) is 3.92. The van der Waals surface area contributed by atoms with Crippen LogP contribution in [0.4, 0.5) is 0 Å². The SMILES string of the molecule is CC[C@H]1O[C@@H](n2ncc3c(-c4ccc(C)o4)nc(Cl)nc32)C(OC(C)=O)[C@@H]1C. The van der Waals surface area contributed by atoms with Crippen molar-refractivity contribution in [2.24, 2.45) is 5.92 Å². The Hall–Kier alpha value is -2.45. The van der Waals surface area contributed by atoms with Crippen LogP contribution in [0.1, 0.15) is 39.2 Å². The summed E-state index contributed by atoms with van der Waals surface area (Å²) >= 11 is 6.19. The minimum atomic E-state index is -0.599. The van der Waals surface area contributed by atoms with Crippen molar-refractivity contribution in [3.8, 4) is 11.5 Å². The fourth-order valence-electron chi connectivity index (χ4n) is 3.71. The molecule has 1 unspecified atom stereocenters. The molecule has 148 valence electrons. The lowest BCUT2D eigenvalue weighted by Crippen LogP contribution is -2.30. The number of aromatic nitrogens is 4. The Bertz CT molecular complexity index is 1030. The van der Waals surface area contributed by atoms with Gasteiger partial charge in [0.2, 0.25) is 5.28 Å². The number of ether oxygens (including phenoxy) is 2. The molecule has 8 nitrogen and oxygen atoms in total. The summed E-state index contributed by atoms with van der Waals surface area (Å²) in [6, 6.07) is 3.68. The third-order valence-corrected chi connectivity index (χ3v) is 5.21. The lowest BCUT2D eigenvalue weighted by Gasteiger charge is -2.21. The van der Waals surface area contributed by atoms with Gasteiger partial charge in [-0.05, 0) is 37.1 Å². The van der Waals surface area contributed by atoms with Gasteiger partial charge in [0.15, 0.2) is 23.7 Å². The Kier molecular flexibility index (Phi) is 4.84. The van der Waals surface area contributed by atoms with E-state index < -0.39 is 12.3 Å². The standard InChI is InChI=1S/C19H21ClN4O4/c1-5-13-10(3)16(27-11(4)25)18(28-13)24-17-12(8-21-24)15(22-19(20)23-17)14-7-6-9(2)26-14/h6-8,10,13,16,18H,5H2,1-4H3/t10-,13-,16?,18-/m1/s1. The first-order valence-electron chi connectivity index (χ1n) is 9.19. The first-order valence-corrected chi connectivity index (χ1v) is 9.57. The van der Waals surface area contributed by atoms with E-state index in [1.165, 1.54) is 6.92 Å². The number of esters is 1. The summed E-state index contributed by atoms with van der Waals surface area (Å²) in [6.45, 7) is 7.29. The minimum Gasteiger partial charge on any atom is -0.460 e. The number of rotatable bonds is 4. The van der Waals surface area contributed by atoms with E-state index in [1.807, 2.05) is 32.9 Å². The molecule has 0 saturated carbocycles. The number of halogens is 1. The van der Waals surface area contributed by atoms with Crippen molar-refractivity contribution in [3.05, 3.63) is 29.4 Å². The van der Waals surface area contributed by atoms with Gasteiger partial charge in [-0.25, -0.2) is 9.67 Å². The molecule has 4 rings (SSSR count). The highest BCUT2D eigenvalue weighted by atomic mass is 35.5. The van der Waals surface area contributed by atoms with Crippen LogP contribution in [0.2, 0.25) is 5.28 Å². The largest absolute Gasteiger partial charge is 0.460 e. The number of hydrogen-bond donors (Lipinski definition) is 0. The van der Waals surface area contributed by atoms with Gasteiger partial charge in [-0.3, -0.25) is 4.79 Å². The first-order chi connectivity index (χ1) is 13.4. The van der Waals surface area contributed by atoms with Crippen LogP contribution < -0.4 is 0 Å². The average Bonchev–Trinajstić information content (AvgIpc) is 3.33. The van der Waals surface area contributed by atoms with Crippen molar-refractivity contribution in [1.82, 2.24) is 19.7 Å². The molecule has 4 heterocycles. The highest BCUT2D eigenvalue weighted by Gasteiger charge is 2.45. The van der Waals surface area contributed by atoms with Crippen LogP contribution in [0.25, 0.3) is 22.5 Å². The molecule has 0 amide bonds. The number of fused-ring (bicyclic) bond motifs is 1. The molecular formula is C19H21ClN4O4. The summed E-state index contributed by atoms with van der Waals surface area (Å²) < 4.78 is 19.1. The summed E-state index contributed by atoms with van der Waals surface area (Å²) in [4.78, 5) is 20.3. The molecule has 0 radical (unpaired) electrons. The Morgan fingerprint density at radius 1 is 1.36 bits per heavy atom. The normalized spacial score (nSPS) is 24.8. The average molecular weight is 405 g/mol. The Labute approximate surface area is 166 Å². The molecule has 1 aliphatic heterocycles. The Morgan fingerprint density at radius 3 is 2.79 bits per heavy atom. The zero-order valence-corrected chi connectivity index (χ0v) is 16.8. The maximum Gasteiger partial charge on any atom is 0.303 e. The zero-order chi connectivity index (χ0) is 20.0. The van der Waals surface area contributed by atoms with Gasteiger partial charge in [-0.2, -0.15) is 10.1 Å². The monoisotopic (exact) mass is 404 g/mol. The quantitative estimate of drug-likeness (QED) is 0.480. The van der Waals surface area contributed by atoms with E-state index in [-0.39, 0.29) is 23.3 Å². The lowest BCUT2D eigenvalue weighted by molar-refractivity contribution is -0.154. The second-order valence-corrected chi connectivity index (χ2v) is 7.32. The van der Waals surface area contributed by atoms with Crippen LogP contribution in [-0.2, 0) is 14.3 Å². The van der Waals surface area contributed by atoms with Gasteiger partial charge in [-0.15, -0.1) is 0 Å². The number of hydrogen-bond acceptors (Lipinski definition) is 7. The molecule has 0 aromatic carbocycles. The number of furan rings is 1. The number of nitrogens with zero attached hydrogens (tertiary/aromatic N) is 4. The van der Waals surface area contributed by atoms with E-state index in [0.29, 0.717) is 22.5 Å². The molecule has 3 aromatic rings. The summed E-state index contributed by atoms with van der Waals surface area (Å²) in [5, 5.41) is 5.22. The van der Waals surface area contributed by atoms with Crippen molar-refractivity contribution >= 4 is 28.6 Å². The molecule has 0 spiro atoms. The van der Waals surface area contributed by atoms with E-state index in [4.69, 9.17) is 25.5 Å². The molecule has 3 aromatic heterocycles. The number of aryl methyl sites for hydroxylation is 1. The molecule has 0 N–H and O–H groups in total. The van der Waals surface area contributed by atoms with Crippen molar-refractivity contribution in [2.45, 2.75) is 52.6 Å². The van der Waals surface area contributed by atoms with Gasteiger partial charge >= 0.3 is 5.97 Å². The van der Waals surface area contributed by atoms with Crippen molar-refractivity contribution < 1.29 is 18.7 Å². The maximum absolute atomic E-state index is 11.6. The molecule has 0 bridgehead atoms. The van der Waals surface area contributed by atoms with E-state index in [2.05, 4.69) is 15.1 Å². The van der Waals surface area contributed by atoms with Gasteiger partial charge in [-0.1, -0.05) is 13.8 Å². The summed E-state index contributed by atoms with van der Waals surface area (Å²) in [6.07, 6.45) is 1.31. The molecule has 1 saturated heterocycles. The highest BCUT2D eigenvalue weighted by Crippen LogP contribution is 2.39. The predicted molar refractivity (Wildman–Crippen MR) is 102 cm³/mol. The Morgan fingerprint density at radius 2 is 2.14 bits per heavy atom. The van der Waals surface area contributed by atoms with E-state index >= 15 is 0 Å². The van der Waals surface area contributed by atoms with Crippen molar-refractivity contribution in [1.29, 1.82) is 0 Å². The van der Waals surface area contributed by atoms with Gasteiger partial charge in [0, 0.05) is 12.8 Å². The fourth-order valence-corrected chi connectivity index (χ4v) is 3.87. The topological polar surface area (TPSA) is 92.3 Å². The van der Waals surface area contributed by atoms with Gasteiger partial charge < -0.3 is 13.9 Å². The lowest BCUT2D eigenvalue weighted by atomic mass is 9.98. The molecule has 28 heavy (non-hydrogen) atoms. The highest BCUT2D eigenvalue weighted by molar-refractivity contribution is 6.28. The summed E-state index contributed by atoms with van der Waals surface area (Å²) in [5.74, 6) is 0.995. The van der Waals surface area contributed by atoms with Crippen LogP contribution in [0.5, 0.6) is 0 Å². The first kappa shape index (κ1) is 18.9. The second kappa shape index (κ2) is 7.18. The molecule has 1 fully saturated rings. The molecule has 0 aliphatic carbocycles. The Balaban J connectivity index is 1.83. The minimum absolute atomic E-state index is 0.0163. The van der Waals surface area contributed by atoms with Gasteiger partial charge in [0.25, 0.3) is 0 Å². The number of carbonyl (C=O) groups excluding carboxylic acids is 1. The smallest absolute Gasteiger partial charge is 0.303 e. The van der Waals surface area contributed by atoms with Crippen LogP contribution in [0.15, 0.2) is 22.7 Å². The maximum atomic E-state index is 11.6. The van der Waals surface area contributed by atoms with Gasteiger partial charge in [0.1, 0.15) is 11.5 Å². The molecular weight excluding hydrogens is 384 g/mol. The van der Waals surface area contributed by atoms with Crippen LogP contribution in [0, 0.1) is 12.8 Å². The third kappa shape index (κ3) is 3.16. The molecule has 1 aliphatic rings. The fraction of sp³-hybridized carbons (Fsp3) is 0.474. The second-order valence-electron chi connectivity index (χ2n) is 6.98. The van der Waals surface area contributed by atoms with Gasteiger partial charge in [0.05, 0.1) is 17.7 Å². The number of carbonyl (C=O) groups is 1. The summed E-state index contributed by atoms with van der Waals surface area (Å²) in [7, 11) is 0. The molecule has 9 heteroatoms. The summed E-state index contributed by atoms with van der Waals surface area (Å²) in [5.41, 5.74) is 1.05. The van der Waals surface area contributed by atoms with Crippen LogP contribution >= 0.6 is 11.6 Å². The van der Waals surface area contributed by atoms with Crippen LogP contribution in [0.3, 0.4) is 0 Å². The zero-order valence-electron chi connectivity index (χ0n) is 16.0. The van der Waals surface area contributed by atoms with E-state index in [1.54, 1.807) is 10.9 Å². The molecule has 4 atom stereocenters. The van der Waals surface area contributed by atoms with Crippen molar-refractivity contribution in [2.75, 3.05) is 0 Å². The van der Waals surface area contributed by atoms with Crippen molar-refractivity contribution in [3.63, 3.8) is 0 Å². The van der Waals surface area contributed by atoms with Crippen LogP contribution in [-0.4, -0.2) is 37.9 Å². The van der Waals surface area contributed by atoms with E-state index in [0.717, 1.165) is 12.2 Å². The third-order valence-electron chi connectivity index (χ3n) is 5.05.